The van der Waals surface area contributed by atoms with E-state index in [2.05, 4.69) is 21.2 Å². The van der Waals surface area contributed by atoms with Crippen molar-refractivity contribution in [2.24, 2.45) is 0 Å². The molecule has 1 aliphatic carbocycles. The highest BCUT2D eigenvalue weighted by molar-refractivity contribution is 9.10. The standard InChI is InChI=1S/C13H15BrFNO2/c1-2-18-10-6-9(7-10)16-13(17)8-3-4-12(15)11(14)5-8/h3-5,9-10H,2,6-7H2,1H3,(H,16,17). The molecule has 1 amide bonds. The van der Waals surface area contributed by atoms with Gasteiger partial charge in [-0.25, -0.2) is 4.39 Å². The number of halogens is 2. The predicted molar refractivity (Wildman–Crippen MR) is 70.0 cm³/mol. The Morgan fingerprint density at radius 2 is 2.28 bits per heavy atom. The molecule has 0 aliphatic heterocycles. The van der Waals surface area contributed by atoms with Crippen molar-refractivity contribution in [3.8, 4) is 0 Å². The van der Waals surface area contributed by atoms with Crippen LogP contribution in [0.2, 0.25) is 0 Å². The van der Waals surface area contributed by atoms with Crippen LogP contribution in [-0.2, 0) is 4.74 Å². The van der Waals surface area contributed by atoms with Gasteiger partial charge in [0.25, 0.3) is 5.91 Å². The number of carbonyl (C=O) groups is 1. The van der Waals surface area contributed by atoms with E-state index >= 15 is 0 Å². The lowest BCUT2D eigenvalue weighted by atomic mass is 9.89. The molecule has 0 spiro atoms. The summed E-state index contributed by atoms with van der Waals surface area (Å²) in [5.41, 5.74) is 0.461. The van der Waals surface area contributed by atoms with E-state index in [0.717, 1.165) is 12.8 Å². The third-order valence-corrected chi connectivity index (χ3v) is 3.62. The van der Waals surface area contributed by atoms with Gasteiger partial charge in [0.05, 0.1) is 10.6 Å². The normalized spacial score (nSPS) is 22.4. The zero-order valence-corrected chi connectivity index (χ0v) is 11.7. The highest BCUT2D eigenvalue weighted by Gasteiger charge is 2.30. The number of rotatable bonds is 4. The van der Waals surface area contributed by atoms with Crippen molar-refractivity contribution in [1.82, 2.24) is 5.32 Å². The molecule has 0 unspecified atom stereocenters. The molecule has 0 saturated heterocycles. The molecule has 18 heavy (non-hydrogen) atoms. The molecule has 0 bridgehead atoms. The summed E-state index contributed by atoms with van der Waals surface area (Å²) in [7, 11) is 0. The Morgan fingerprint density at radius 1 is 1.56 bits per heavy atom. The lowest BCUT2D eigenvalue weighted by molar-refractivity contribution is -0.00862. The van der Waals surface area contributed by atoms with Crippen LogP contribution >= 0.6 is 15.9 Å². The summed E-state index contributed by atoms with van der Waals surface area (Å²) >= 11 is 3.07. The fraction of sp³-hybridized carbons (Fsp3) is 0.462. The average molecular weight is 316 g/mol. The third-order valence-electron chi connectivity index (χ3n) is 3.01. The molecule has 1 aliphatic rings. The summed E-state index contributed by atoms with van der Waals surface area (Å²) in [6, 6.07) is 4.41. The van der Waals surface area contributed by atoms with Gasteiger partial charge in [-0.1, -0.05) is 0 Å². The van der Waals surface area contributed by atoms with Gasteiger partial charge in [-0.2, -0.15) is 0 Å². The summed E-state index contributed by atoms with van der Waals surface area (Å²) in [5, 5.41) is 2.91. The van der Waals surface area contributed by atoms with E-state index in [1.807, 2.05) is 6.92 Å². The topological polar surface area (TPSA) is 38.3 Å². The zero-order valence-electron chi connectivity index (χ0n) is 10.1. The molecule has 0 heterocycles. The smallest absolute Gasteiger partial charge is 0.251 e. The Hall–Kier alpha value is -0.940. The van der Waals surface area contributed by atoms with Gasteiger partial charge in [0.15, 0.2) is 0 Å². The fourth-order valence-electron chi connectivity index (χ4n) is 1.96. The van der Waals surface area contributed by atoms with Crippen molar-refractivity contribution in [1.29, 1.82) is 0 Å². The number of benzene rings is 1. The Bertz CT molecular complexity index is 447. The van der Waals surface area contributed by atoms with Crippen LogP contribution in [0.25, 0.3) is 0 Å². The van der Waals surface area contributed by atoms with E-state index < -0.39 is 0 Å². The monoisotopic (exact) mass is 315 g/mol. The Labute approximate surface area is 114 Å². The van der Waals surface area contributed by atoms with Crippen LogP contribution in [-0.4, -0.2) is 24.7 Å². The first-order valence-electron chi connectivity index (χ1n) is 5.97. The van der Waals surface area contributed by atoms with Gasteiger partial charge < -0.3 is 10.1 Å². The maximum atomic E-state index is 13.0. The molecule has 1 N–H and O–H groups in total. The van der Waals surface area contributed by atoms with Gasteiger partial charge in [-0.3, -0.25) is 4.79 Å². The number of amides is 1. The van der Waals surface area contributed by atoms with Crippen LogP contribution in [0.15, 0.2) is 22.7 Å². The quantitative estimate of drug-likeness (QED) is 0.927. The molecule has 1 fully saturated rings. The molecular weight excluding hydrogens is 301 g/mol. The largest absolute Gasteiger partial charge is 0.378 e. The van der Waals surface area contributed by atoms with Gasteiger partial charge in [-0.15, -0.1) is 0 Å². The maximum absolute atomic E-state index is 13.0. The highest BCUT2D eigenvalue weighted by atomic mass is 79.9. The van der Waals surface area contributed by atoms with Gasteiger partial charge in [0.2, 0.25) is 0 Å². The number of nitrogens with one attached hydrogen (secondary N) is 1. The molecule has 1 aromatic rings. The van der Waals surface area contributed by atoms with E-state index in [9.17, 15) is 9.18 Å². The summed E-state index contributed by atoms with van der Waals surface area (Å²) in [6.07, 6.45) is 1.96. The van der Waals surface area contributed by atoms with E-state index in [4.69, 9.17) is 4.74 Å². The third kappa shape index (κ3) is 3.09. The zero-order chi connectivity index (χ0) is 13.1. The number of hydrogen-bond acceptors (Lipinski definition) is 2. The maximum Gasteiger partial charge on any atom is 0.251 e. The van der Waals surface area contributed by atoms with Crippen LogP contribution in [0.1, 0.15) is 30.1 Å². The second-order valence-electron chi connectivity index (χ2n) is 4.35. The minimum atomic E-state index is -0.369. The highest BCUT2D eigenvalue weighted by Crippen LogP contribution is 2.24. The molecule has 98 valence electrons. The van der Waals surface area contributed by atoms with E-state index in [-0.39, 0.29) is 23.9 Å². The Balaban J connectivity index is 1.87. The van der Waals surface area contributed by atoms with Crippen molar-refractivity contribution in [3.63, 3.8) is 0 Å². The summed E-state index contributed by atoms with van der Waals surface area (Å²) in [5.74, 6) is -0.540. The minimum absolute atomic E-state index is 0.165. The van der Waals surface area contributed by atoms with Crippen LogP contribution in [0.5, 0.6) is 0 Å². The van der Waals surface area contributed by atoms with Crippen molar-refractivity contribution in [3.05, 3.63) is 34.1 Å². The van der Waals surface area contributed by atoms with Gasteiger partial charge >= 0.3 is 0 Å². The van der Waals surface area contributed by atoms with E-state index in [1.165, 1.54) is 18.2 Å². The van der Waals surface area contributed by atoms with Crippen molar-refractivity contribution >= 4 is 21.8 Å². The first-order chi connectivity index (χ1) is 8.60. The molecule has 2 rings (SSSR count). The predicted octanol–water partition coefficient (Wildman–Crippen LogP) is 2.89. The average Bonchev–Trinajstić information content (AvgIpc) is 2.30. The molecule has 5 heteroatoms. The minimum Gasteiger partial charge on any atom is -0.378 e. The molecule has 0 radical (unpaired) electrons. The fourth-order valence-corrected chi connectivity index (χ4v) is 2.34. The van der Waals surface area contributed by atoms with Crippen LogP contribution in [0, 0.1) is 5.82 Å². The van der Waals surface area contributed by atoms with E-state index in [0.29, 0.717) is 16.6 Å². The van der Waals surface area contributed by atoms with Gasteiger partial charge in [0.1, 0.15) is 5.82 Å². The van der Waals surface area contributed by atoms with Crippen LogP contribution in [0.3, 0.4) is 0 Å². The molecular formula is C13H15BrFNO2. The summed E-state index contributed by atoms with van der Waals surface area (Å²) < 4.78 is 18.8. The van der Waals surface area contributed by atoms with Crippen LogP contribution < -0.4 is 5.32 Å². The Morgan fingerprint density at radius 3 is 2.89 bits per heavy atom. The second-order valence-corrected chi connectivity index (χ2v) is 5.20. The SMILES string of the molecule is CCOC1CC(NC(=O)c2ccc(F)c(Br)c2)C1. The molecule has 3 nitrogen and oxygen atoms in total. The van der Waals surface area contributed by atoms with Crippen molar-refractivity contribution < 1.29 is 13.9 Å². The first kappa shape index (κ1) is 13.5. The summed E-state index contributed by atoms with van der Waals surface area (Å²) in [4.78, 5) is 11.9. The number of ether oxygens (including phenoxy) is 1. The molecule has 0 aromatic heterocycles. The van der Waals surface area contributed by atoms with Crippen molar-refractivity contribution in [2.75, 3.05) is 6.61 Å². The molecule has 1 saturated carbocycles. The van der Waals surface area contributed by atoms with Gasteiger partial charge in [0, 0.05) is 18.2 Å². The first-order valence-corrected chi connectivity index (χ1v) is 6.77. The lowest BCUT2D eigenvalue weighted by Crippen LogP contribution is -2.47. The van der Waals surface area contributed by atoms with Crippen LogP contribution in [0.4, 0.5) is 4.39 Å². The number of hydrogen-bond donors (Lipinski definition) is 1. The molecule has 0 atom stereocenters. The van der Waals surface area contributed by atoms with Gasteiger partial charge in [-0.05, 0) is 53.9 Å². The Kier molecular flexibility index (Phi) is 4.35. The van der Waals surface area contributed by atoms with E-state index in [1.54, 1.807) is 0 Å². The summed E-state index contributed by atoms with van der Waals surface area (Å²) in [6.45, 7) is 2.66. The number of carbonyl (C=O) groups excluding carboxylic acids is 1. The lowest BCUT2D eigenvalue weighted by Gasteiger charge is -2.35. The molecule has 1 aromatic carbocycles. The second kappa shape index (κ2) is 5.80. The van der Waals surface area contributed by atoms with Crippen molar-refractivity contribution in [2.45, 2.75) is 31.9 Å².